The second-order valence-corrected chi connectivity index (χ2v) is 7.81. The Hall–Kier alpha value is 0.430. The molecule has 0 N–H and O–H groups in total. The highest BCUT2D eigenvalue weighted by Gasteiger charge is 2.38. The second kappa shape index (κ2) is 4.52. The van der Waals surface area contributed by atoms with Gasteiger partial charge in [0.1, 0.15) is 0 Å². The molecule has 1 saturated carbocycles. The van der Waals surface area contributed by atoms with Crippen LogP contribution in [0, 0.1) is 5.41 Å². The van der Waals surface area contributed by atoms with E-state index in [-0.39, 0.29) is 10.7 Å². The van der Waals surface area contributed by atoms with Crippen LogP contribution in [0.2, 0.25) is 0 Å². The molecule has 0 atom stereocenters. The van der Waals surface area contributed by atoms with Gasteiger partial charge in [0.05, 0.1) is 11.0 Å². The summed E-state index contributed by atoms with van der Waals surface area (Å²) in [5, 5.41) is 0.588. The predicted molar refractivity (Wildman–Crippen MR) is 63.6 cm³/mol. The van der Waals surface area contributed by atoms with Crippen molar-refractivity contribution >= 4 is 25.8 Å². The highest BCUT2D eigenvalue weighted by molar-refractivity contribution is 9.09. The lowest BCUT2D eigenvalue weighted by Gasteiger charge is -2.27. The second-order valence-electron chi connectivity index (χ2n) is 4.70. The first-order chi connectivity index (χ1) is 6.42. The first kappa shape index (κ1) is 12.5. The molecule has 1 rings (SSSR count). The van der Waals surface area contributed by atoms with Crippen LogP contribution < -0.4 is 0 Å². The van der Waals surface area contributed by atoms with Crippen LogP contribution >= 0.6 is 15.9 Å². The Balaban J connectivity index is 2.75. The zero-order valence-electron chi connectivity index (χ0n) is 8.92. The van der Waals surface area contributed by atoms with Gasteiger partial charge in [-0.2, -0.15) is 0 Å². The minimum Gasteiger partial charge on any atom is -0.229 e. The van der Waals surface area contributed by atoms with E-state index in [2.05, 4.69) is 15.9 Å². The summed E-state index contributed by atoms with van der Waals surface area (Å²) in [7, 11) is -2.88. The number of sulfone groups is 1. The van der Waals surface area contributed by atoms with Gasteiger partial charge in [-0.15, -0.1) is 0 Å². The topological polar surface area (TPSA) is 34.1 Å². The molecule has 1 fully saturated rings. The van der Waals surface area contributed by atoms with E-state index in [0.29, 0.717) is 5.75 Å². The fraction of sp³-hybridized carbons (Fsp3) is 1.00. The summed E-state index contributed by atoms with van der Waals surface area (Å²) in [6.45, 7) is 3.54. The molecule has 0 heterocycles. The van der Waals surface area contributed by atoms with Crippen LogP contribution in [0.15, 0.2) is 0 Å². The zero-order valence-corrected chi connectivity index (χ0v) is 11.3. The SMILES string of the molecule is CC(C)S(=O)(=O)CC1(CBr)CCCC1. The van der Waals surface area contributed by atoms with Crippen molar-refractivity contribution < 1.29 is 8.42 Å². The van der Waals surface area contributed by atoms with E-state index in [1.54, 1.807) is 13.8 Å². The molecule has 84 valence electrons. The molecule has 0 spiro atoms. The van der Waals surface area contributed by atoms with Gasteiger partial charge >= 0.3 is 0 Å². The third kappa shape index (κ3) is 2.72. The number of alkyl halides is 1. The number of rotatable bonds is 4. The van der Waals surface area contributed by atoms with Crippen LogP contribution in [0.1, 0.15) is 39.5 Å². The van der Waals surface area contributed by atoms with Crippen LogP contribution in [-0.2, 0) is 9.84 Å². The lowest BCUT2D eigenvalue weighted by atomic mass is 9.92. The van der Waals surface area contributed by atoms with Crippen LogP contribution in [0.3, 0.4) is 0 Å². The monoisotopic (exact) mass is 282 g/mol. The van der Waals surface area contributed by atoms with Crippen molar-refractivity contribution in [1.82, 2.24) is 0 Å². The molecule has 0 bridgehead atoms. The van der Waals surface area contributed by atoms with E-state index >= 15 is 0 Å². The van der Waals surface area contributed by atoms with Gasteiger partial charge in [0.15, 0.2) is 9.84 Å². The normalized spacial score (nSPS) is 21.7. The van der Waals surface area contributed by atoms with Crippen molar-refractivity contribution in [2.45, 2.75) is 44.8 Å². The van der Waals surface area contributed by atoms with Crippen molar-refractivity contribution in [3.63, 3.8) is 0 Å². The molecular weight excluding hydrogens is 264 g/mol. The third-order valence-electron chi connectivity index (χ3n) is 3.17. The minimum absolute atomic E-state index is 0.0309. The van der Waals surface area contributed by atoms with Gasteiger partial charge < -0.3 is 0 Å². The number of hydrogen-bond acceptors (Lipinski definition) is 2. The Labute approximate surface area is 95.5 Å². The summed E-state index contributed by atoms with van der Waals surface area (Å²) in [4.78, 5) is 0. The van der Waals surface area contributed by atoms with E-state index in [9.17, 15) is 8.42 Å². The molecule has 0 amide bonds. The van der Waals surface area contributed by atoms with E-state index in [1.807, 2.05) is 0 Å². The van der Waals surface area contributed by atoms with E-state index < -0.39 is 9.84 Å². The van der Waals surface area contributed by atoms with Crippen LogP contribution in [0.25, 0.3) is 0 Å². The molecule has 1 aliphatic carbocycles. The van der Waals surface area contributed by atoms with Gasteiger partial charge in [-0.1, -0.05) is 28.8 Å². The molecule has 2 nitrogen and oxygen atoms in total. The van der Waals surface area contributed by atoms with Gasteiger partial charge in [0.25, 0.3) is 0 Å². The molecule has 0 unspecified atom stereocenters. The molecular formula is C10H19BrO2S. The van der Waals surface area contributed by atoms with Crippen LogP contribution in [0.4, 0.5) is 0 Å². The quantitative estimate of drug-likeness (QED) is 0.743. The third-order valence-corrected chi connectivity index (χ3v) is 6.81. The molecule has 1 aliphatic rings. The average Bonchev–Trinajstić information content (AvgIpc) is 2.53. The summed E-state index contributed by atoms with van der Waals surface area (Å²) >= 11 is 3.47. The first-order valence-corrected chi connectivity index (χ1v) is 8.03. The summed E-state index contributed by atoms with van der Waals surface area (Å²) in [6, 6.07) is 0. The molecule has 0 aromatic rings. The maximum absolute atomic E-state index is 11.8. The highest BCUT2D eigenvalue weighted by atomic mass is 79.9. The van der Waals surface area contributed by atoms with E-state index in [0.717, 1.165) is 18.2 Å². The lowest BCUT2D eigenvalue weighted by molar-refractivity contribution is 0.393. The molecule has 0 aromatic carbocycles. The Morgan fingerprint density at radius 1 is 1.29 bits per heavy atom. The van der Waals surface area contributed by atoms with Crippen molar-refractivity contribution in [3.05, 3.63) is 0 Å². The summed E-state index contributed by atoms with van der Waals surface area (Å²) < 4.78 is 23.7. The number of halogens is 1. The van der Waals surface area contributed by atoms with Gasteiger partial charge in [-0.3, -0.25) is 0 Å². The standard InChI is InChI=1S/C10H19BrO2S/c1-9(2)14(12,13)8-10(7-11)5-3-4-6-10/h9H,3-8H2,1-2H3. The molecule has 14 heavy (non-hydrogen) atoms. The maximum atomic E-state index is 11.8. The molecule has 0 aromatic heterocycles. The fourth-order valence-electron chi connectivity index (χ4n) is 2.03. The smallest absolute Gasteiger partial charge is 0.153 e. The average molecular weight is 283 g/mol. The zero-order chi connectivity index (χ0) is 10.8. The van der Waals surface area contributed by atoms with Gasteiger partial charge in [-0.25, -0.2) is 8.42 Å². The van der Waals surface area contributed by atoms with Gasteiger partial charge in [-0.05, 0) is 32.1 Å². The van der Waals surface area contributed by atoms with Gasteiger partial charge in [0.2, 0.25) is 0 Å². The van der Waals surface area contributed by atoms with Crippen LogP contribution in [0.5, 0.6) is 0 Å². The van der Waals surface area contributed by atoms with Crippen molar-refractivity contribution in [3.8, 4) is 0 Å². The Kier molecular flexibility index (Phi) is 4.03. The molecule has 0 aliphatic heterocycles. The van der Waals surface area contributed by atoms with Crippen molar-refractivity contribution in [1.29, 1.82) is 0 Å². The van der Waals surface area contributed by atoms with E-state index in [1.165, 1.54) is 12.8 Å². The summed E-state index contributed by atoms with van der Waals surface area (Å²) in [5.41, 5.74) is 0.0309. The van der Waals surface area contributed by atoms with Crippen LogP contribution in [-0.4, -0.2) is 24.8 Å². The predicted octanol–water partition coefficient (Wildman–Crippen LogP) is 2.76. The Bertz CT molecular complexity index is 276. The van der Waals surface area contributed by atoms with E-state index in [4.69, 9.17) is 0 Å². The largest absolute Gasteiger partial charge is 0.229 e. The summed E-state index contributed by atoms with van der Waals surface area (Å²) in [6.07, 6.45) is 4.48. The Morgan fingerprint density at radius 2 is 1.79 bits per heavy atom. The Morgan fingerprint density at radius 3 is 2.14 bits per heavy atom. The maximum Gasteiger partial charge on any atom is 0.153 e. The fourth-order valence-corrected chi connectivity index (χ4v) is 4.63. The van der Waals surface area contributed by atoms with Gasteiger partial charge in [0, 0.05) is 5.33 Å². The molecule has 4 heteroatoms. The van der Waals surface area contributed by atoms with Crippen molar-refractivity contribution in [2.75, 3.05) is 11.1 Å². The highest BCUT2D eigenvalue weighted by Crippen LogP contribution is 2.41. The van der Waals surface area contributed by atoms with Crippen molar-refractivity contribution in [2.24, 2.45) is 5.41 Å². The number of hydrogen-bond donors (Lipinski definition) is 0. The minimum atomic E-state index is -2.88. The molecule has 0 saturated heterocycles. The first-order valence-electron chi connectivity index (χ1n) is 5.19. The summed E-state index contributed by atoms with van der Waals surface area (Å²) in [5.74, 6) is 0.364. The molecule has 0 radical (unpaired) electrons. The lowest BCUT2D eigenvalue weighted by Crippen LogP contribution is -2.32.